The quantitative estimate of drug-likeness (QED) is 0.844. The molecule has 0 aliphatic rings. The van der Waals surface area contributed by atoms with Gasteiger partial charge in [0.1, 0.15) is 0 Å². The van der Waals surface area contributed by atoms with Crippen LogP contribution in [-0.4, -0.2) is 23.4 Å². The summed E-state index contributed by atoms with van der Waals surface area (Å²) in [6, 6.07) is -0.313. The summed E-state index contributed by atoms with van der Waals surface area (Å²) in [7, 11) is 0. The van der Waals surface area contributed by atoms with Gasteiger partial charge in [0.25, 0.3) is 0 Å². The van der Waals surface area contributed by atoms with E-state index in [1.807, 2.05) is 6.92 Å². The first-order valence-corrected chi connectivity index (χ1v) is 6.50. The zero-order chi connectivity index (χ0) is 13.8. The van der Waals surface area contributed by atoms with Crippen LogP contribution in [0.5, 0.6) is 0 Å². The van der Waals surface area contributed by atoms with E-state index in [9.17, 15) is 0 Å². The highest BCUT2D eigenvalue weighted by Gasteiger charge is 2.23. The Morgan fingerprint density at radius 3 is 2.61 bits per heavy atom. The fourth-order valence-electron chi connectivity index (χ4n) is 1.39. The lowest BCUT2D eigenvalue weighted by atomic mass is 9.80. The van der Waals surface area contributed by atoms with Gasteiger partial charge in [0.15, 0.2) is 5.82 Å². The minimum Gasteiger partial charge on any atom is -0.380 e. The molecule has 104 valence electrons. The number of nitrogens with zero attached hydrogens (tertiary/aromatic N) is 2. The molecule has 1 aromatic rings. The average molecular weight is 255 g/mol. The van der Waals surface area contributed by atoms with E-state index in [-0.39, 0.29) is 11.5 Å². The molecule has 0 saturated heterocycles. The van der Waals surface area contributed by atoms with E-state index in [1.54, 1.807) is 0 Å². The molecular formula is C13H25N3O2. The van der Waals surface area contributed by atoms with Crippen LogP contribution in [0.2, 0.25) is 0 Å². The molecule has 0 aromatic carbocycles. The van der Waals surface area contributed by atoms with Crippen LogP contribution < -0.4 is 5.73 Å². The Kier molecular flexibility index (Phi) is 5.28. The first-order valence-electron chi connectivity index (χ1n) is 6.50. The van der Waals surface area contributed by atoms with Crippen LogP contribution in [-0.2, 0) is 11.2 Å². The predicted octanol–water partition coefficient (Wildman–Crippen LogP) is 2.33. The van der Waals surface area contributed by atoms with Crippen LogP contribution in [0.15, 0.2) is 4.52 Å². The molecule has 0 aliphatic heterocycles. The molecule has 5 nitrogen and oxygen atoms in total. The van der Waals surface area contributed by atoms with Crippen LogP contribution >= 0.6 is 0 Å². The first-order chi connectivity index (χ1) is 8.34. The van der Waals surface area contributed by atoms with Crippen LogP contribution in [0, 0.1) is 11.3 Å². The van der Waals surface area contributed by atoms with Crippen molar-refractivity contribution in [1.82, 2.24) is 10.1 Å². The number of ether oxygens (including phenoxy) is 1. The minimum atomic E-state index is -0.313. The third-order valence-corrected chi connectivity index (χ3v) is 3.28. The van der Waals surface area contributed by atoms with Crippen molar-refractivity contribution in [2.45, 2.75) is 47.1 Å². The van der Waals surface area contributed by atoms with Crippen molar-refractivity contribution in [3.8, 4) is 0 Å². The standard InChI is InChI=1S/C13H25N3O2/c1-6-17-8-10(14)12-15-11(18-16-12)7-9(2)13(3,4)5/h9-10H,6-8,14H2,1-5H3. The summed E-state index contributed by atoms with van der Waals surface area (Å²) in [6.07, 6.45) is 0.776. The van der Waals surface area contributed by atoms with E-state index in [2.05, 4.69) is 37.8 Å². The fraction of sp³-hybridized carbons (Fsp3) is 0.846. The second-order valence-electron chi connectivity index (χ2n) is 5.78. The van der Waals surface area contributed by atoms with Crippen molar-refractivity contribution in [3.63, 3.8) is 0 Å². The van der Waals surface area contributed by atoms with Crippen molar-refractivity contribution in [2.24, 2.45) is 17.1 Å². The molecule has 2 atom stereocenters. The molecular weight excluding hydrogens is 230 g/mol. The summed E-state index contributed by atoms with van der Waals surface area (Å²) in [5.41, 5.74) is 6.13. The zero-order valence-electron chi connectivity index (χ0n) is 12.1. The molecule has 0 radical (unpaired) electrons. The molecule has 2 N–H and O–H groups in total. The maximum absolute atomic E-state index is 5.90. The third-order valence-electron chi connectivity index (χ3n) is 3.28. The summed E-state index contributed by atoms with van der Waals surface area (Å²) in [4.78, 5) is 4.33. The van der Waals surface area contributed by atoms with E-state index in [4.69, 9.17) is 15.0 Å². The second kappa shape index (κ2) is 6.29. The highest BCUT2D eigenvalue weighted by Crippen LogP contribution is 2.28. The molecule has 0 bridgehead atoms. The van der Waals surface area contributed by atoms with Crippen molar-refractivity contribution >= 4 is 0 Å². The number of hydrogen-bond donors (Lipinski definition) is 1. The SMILES string of the molecule is CCOCC(N)c1noc(CC(C)C(C)(C)C)n1. The van der Waals surface area contributed by atoms with E-state index in [1.165, 1.54) is 0 Å². The summed E-state index contributed by atoms with van der Waals surface area (Å²) in [6.45, 7) is 11.8. The number of hydrogen-bond acceptors (Lipinski definition) is 5. The van der Waals surface area contributed by atoms with Crippen LogP contribution in [0.25, 0.3) is 0 Å². The van der Waals surface area contributed by atoms with Crippen LogP contribution in [0.4, 0.5) is 0 Å². The van der Waals surface area contributed by atoms with Gasteiger partial charge in [-0.2, -0.15) is 4.98 Å². The first kappa shape index (κ1) is 15.1. The van der Waals surface area contributed by atoms with Gasteiger partial charge in [-0.1, -0.05) is 32.9 Å². The molecule has 2 unspecified atom stereocenters. The monoisotopic (exact) mass is 255 g/mol. The molecule has 0 saturated carbocycles. The van der Waals surface area contributed by atoms with Gasteiger partial charge < -0.3 is 15.0 Å². The van der Waals surface area contributed by atoms with Crippen molar-refractivity contribution in [3.05, 3.63) is 11.7 Å². The lowest BCUT2D eigenvalue weighted by molar-refractivity contribution is 0.130. The molecule has 1 aromatic heterocycles. The van der Waals surface area contributed by atoms with Gasteiger partial charge in [0.05, 0.1) is 12.6 Å². The Morgan fingerprint density at radius 2 is 2.06 bits per heavy atom. The maximum Gasteiger partial charge on any atom is 0.226 e. The Morgan fingerprint density at radius 1 is 1.39 bits per heavy atom. The summed E-state index contributed by atoms with van der Waals surface area (Å²) in [5.74, 6) is 1.65. The maximum atomic E-state index is 5.90. The number of rotatable bonds is 6. The lowest BCUT2D eigenvalue weighted by Gasteiger charge is -2.25. The Labute approximate surface area is 109 Å². The minimum absolute atomic E-state index is 0.224. The Balaban J connectivity index is 2.58. The molecule has 5 heteroatoms. The Hall–Kier alpha value is -0.940. The molecule has 0 fully saturated rings. The normalized spacial score (nSPS) is 15.7. The van der Waals surface area contributed by atoms with Crippen molar-refractivity contribution in [1.29, 1.82) is 0 Å². The molecule has 1 heterocycles. The van der Waals surface area contributed by atoms with Gasteiger partial charge in [-0.15, -0.1) is 0 Å². The van der Waals surface area contributed by atoms with Crippen LogP contribution in [0.1, 0.15) is 52.4 Å². The van der Waals surface area contributed by atoms with E-state index in [0.717, 1.165) is 6.42 Å². The summed E-state index contributed by atoms with van der Waals surface area (Å²) >= 11 is 0. The zero-order valence-corrected chi connectivity index (χ0v) is 12.1. The predicted molar refractivity (Wildman–Crippen MR) is 70.0 cm³/mol. The second-order valence-corrected chi connectivity index (χ2v) is 5.78. The lowest BCUT2D eigenvalue weighted by Crippen LogP contribution is -2.20. The van der Waals surface area contributed by atoms with Gasteiger partial charge in [0, 0.05) is 13.0 Å². The highest BCUT2D eigenvalue weighted by atomic mass is 16.5. The van der Waals surface area contributed by atoms with Crippen LogP contribution in [0.3, 0.4) is 0 Å². The van der Waals surface area contributed by atoms with E-state index in [0.29, 0.717) is 30.8 Å². The van der Waals surface area contributed by atoms with Gasteiger partial charge in [-0.05, 0) is 18.3 Å². The molecule has 18 heavy (non-hydrogen) atoms. The topological polar surface area (TPSA) is 74.2 Å². The summed E-state index contributed by atoms with van der Waals surface area (Å²) in [5, 5.41) is 3.91. The third kappa shape index (κ3) is 4.38. The van der Waals surface area contributed by atoms with Gasteiger partial charge in [-0.3, -0.25) is 0 Å². The highest BCUT2D eigenvalue weighted by molar-refractivity contribution is 4.94. The molecule has 0 aliphatic carbocycles. The average Bonchev–Trinajstić information content (AvgIpc) is 2.73. The van der Waals surface area contributed by atoms with Crippen molar-refractivity contribution in [2.75, 3.05) is 13.2 Å². The van der Waals surface area contributed by atoms with Gasteiger partial charge >= 0.3 is 0 Å². The fourth-order valence-corrected chi connectivity index (χ4v) is 1.39. The Bertz CT molecular complexity index is 357. The molecule has 1 rings (SSSR count). The largest absolute Gasteiger partial charge is 0.380 e. The smallest absolute Gasteiger partial charge is 0.226 e. The summed E-state index contributed by atoms with van der Waals surface area (Å²) < 4.78 is 10.5. The number of aromatic nitrogens is 2. The molecule has 0 amide bonds. The van der Waals surface area contributed by atoms with E-state index >= 15 is 0 Å². The molecule has 0 spiro atoms. The van der Waals surface area contributed by atoms with Crippen molar-refractivity contribution < 1.29 is 9.26 Å². The van der Waals surface area contributed by atoms with Gasteiger partial charge in [-0.25, -0.2) is 0 Å². The van der Waals surface area contributed by atoms with Gasteiger partial charge in [0.2, 0.25) is 5.89 Å². The van der Waals surface area contributed by atoms with E-state index < -0.39 is 0 Å². The number of nitrogens with two attached hydrogens (primary N) is 1.